The molecule has 0 spiro atoms. The SMILES string of the molecule is CCSCC(C)NCc1ncc(C)c([N+](=O)[O-])c1C. The van der Waals surface area contributed by atoms with E-state index in [1.165, 1.54) is 0 Å². The molecule has 106 valence electrons. The monoisotopic (exact) mass is 283 g/mol. The summed E-state index contributed by atoms with van der Waals surface area (Å²) >= 11 is 1.87. The van der Waals surface area contributed by atoms with Crippen LogP contribution in [0.25, 0.3) is 0 Å². The Kier molecular flexibility index (Phi) is 6.24. The zero-order valence-corrected chi connectivity index (χ0v) is 12.7. The second kappa shape index (κ2) is 7.45. The number of hydrogen-bond acceptors (Lipinski definition) is 5. The maximum atomic E-state index is 11.0. The van der Waals surface area contributed by atoms with Gasteiger partial charge in [0.25, 0.3) is 5.69 Å². The molecule has 0 fully saturated rings. The molecule has 1 atom stereocenters. The maximum absolute atomic E-state index is 11.0. The highest BCUT2D eigenvalue weighted by Crippen LogP contribution is 2.23. The molecule has 0 saturated heterocycles. The number of nitrogens with one attached hydrogen (secondary N) is 1. The van der Waals surface area contributed by atoms with Gasteiger partial charge >= 0.3 is 0 Å². The molecule has 1 heterocycles. The summed E-state index contributed by atoms with van der Waals surface area (Å²) in [5.41, 5.74) is 2.21. The predicted molar refractivity (Wildman–Crippen MR) is 79.7 cm³/mol. The van der Waals surface area contributed by atoms with Gasteiger partial charge in [-0.3, -0.25) is 15.1 Å². The van der Waals surface area contributed by atoms with Crippen LogP contribution in [0.15, 0.2) is 6.20 Å². The number of hydrogen-bond donors (Lipinski definition) is 1. The van der Waals surface area contributed by atoms with Gasteiger partial charge < -0.3 is 5.32 Å². The van der Waals surface area contributed by atoms with E-state index in [0.29, 0.717) is 23.7 Å². The van der Waals surface area contributed by atoms with Crippen LogP contribution in [0, 0.1) is 24.0 Å². The first-order valence-electron chi connectivity index (χ1n) is 6.38. The fraction of sp³-hybridized carbons (Fsp3) is 0.615. The normalized spacial score (nSPS) is 12.4. The molecule has 19 heavy (non-hydrogen) atoms. The lowest BCUT2D eigenvalue weighted by Gasteiger charge is -2.14. The molecule has 0 aromatic carbocycles. The zero-order valence-electron chi connectivity index (χ0n) is 11.9. The second-order valence-corrected chi connectivity index (χ2v) is 5.88. The minimum absolute atomic E-state index is 0.183. The van der Waals surface area contributed by atoms with E-state index in [1.807, 2.05) is 11.8 Å². The van der Waals surface area contributed by atoms with Crippen molar-refractivity contribution in [2.75, 3.05) is 11.5 Å². The molecule has 0 aliphatic heterocycles. The Bertz CT molecular complexity index is 452. The van der Waals surface area contributed by atoms with Crippen LogP contribution in [0.3, 0.4) is 0 Å². The van der Waals surface area contributed by atoms with Crippen molar-refractivity contribution in [3.63, 3.8) is 0 Å². The quantitative estimate of drug-likeness (QED) is 0.615. The van der Waals surface area contributed by atoms with Gasteiger partial charge in [0.1, 0.15) is 0 Å². The number of thioether (sulfide) groups is 1. The van der Waals surface area contributed by atoms with Crippen LogP contribution >= 0.6 is 11.8 Å². The van der Waals surface area contributed by atoms with Crippen LogP contribution in [0.4, 0.5) is 5.69 Å². The number of rotatable bonds is 7. The molecule has 1 aromatic rings. The first-order valence-corrected chi connectivity index (χ1v) is 7.53. The summed E-state index contributed by atoms with van der Waals surface area (Å²) in [6, 6.07) is 0.367. The minimum atomic E-state index is -0.327. The van der Waals surface area contributed by atoms with Crippen molar-refractivity contribution in [1.29, 1.82) is 0 Å². The lowest BCUT2D eigenvalue weighted by molar-refractivity contribution is -0.386. The van der Waals surface area contributed by atoms with Crippen molar-refractivity contribution in [2.24, 2.45) is 0 Å². The number of pyridine rings is 1. The van der Waals surface area contributed by atoms with E-state index in [0.717, 1.165) is 17.2 Å². The lowest BCUT2D eigenvalue weighted by atomic mass is 10.1. The van der Waals surface area contributed by atoms with Crippen molar-refractivity contribution in [2.45, 2.75) is 40.3 Å². The second-order valence-electron chi connectivity index (χ2n) is 4.56. The molecule has 0 bridgehead atoms. The predicted octanol–water partition coefficient (Wildman–Crippen LogP) is 2.84. The van der Waals surface area contributed by atoms with E-state index < -0.39 is 0 Å². The molecule has 1 N–H and O–H groups in total. The van der Waals surface area contributed by atoms with Crippen LogP contribution in [-0.4, -0.2) is 27.5 Å². The highest BCUT2D eigenvalue weighted by atomic mass is 32.2. The first-order chi connectivity index (χ1) is 8.97. The molecule has 0 amide bonds. The molecule has 5 nitrogen and oxygen atoms in total. The van der Waals surface area contributed by atoms with Gasteiger partial charge in [0.15, 0.2) is 0 Å². The summed E-state index contributed by atoms with van der Waals surface area (Å²) in [5.74, 6) is 2.13. The average molecular weight is 283 g/mol. The van der Waals surface area contributed by atoms with Gasteiger partial charge in [-0.2, -0.15) is 11.8 Å². The van der Waals surface area contributed by atoms with Crippen LogP contribution in [0.2, 0.25) is 0 Å². The number of nitrogens with zero attached hydrogens (tertiary/aromatic N) is 2. The van der Waals surface area contributed by atoms with Crippen molar-refractivity contribution in [3.8, 4) is 0 Å². The summed E-state index contributed by atoms with van der Waals surface area (Å²) in [4.78, 5) is 15.0. The number of aryl methyl sites for hydroxylation is 1. The molecule has 0 saturated carbocycles. The molecule has 0 aliphatic carbocycles. The van der Waals surface area contributed by atoms with Crippen LogP contribution < -0.4 is 5.32 Å². The van der Waals surface area contributed by atoms with E-state index in [4.69, 9.17) is 0 Å². The van der Waals surface area contributed by atoms with Crippen molar-refractivity contribution in [1.82, 2.24) is 10.3 Å². The molecule has 0 radical (unpaired) electrons. The largest absolute Gasteiger partial charge is 0.308 e. The molecular weight excluding hydrogens is 262 g/mol. The van der Waals surface area contributed by atoms with E-state index in [-0.39, 0.29) is 10.6 Å². The van der Waals surface area contributed by atoms with Crippen LogP contribution in [0.1, 0.15) is 30.7 Å². The van der Waals surface area contributed by atoms with Gasteiger partial charge in [-0.05, 0) is 26.5 Å². The van der Waals surface area contributed by atoms with Crippen LogP contribution in [-0.2, 0) is 6.54 Å². The van der Waals surface area contributed by atoms with Gasteiger partial charge in [0.05, 0.1) is 10.6 Å². The first kappa shape index (κ1) is 15.9. The summed E-state index contributed by atoms with van der Waals surface area (Å²) in [7, 11) is 0. The molecular formula is C13H21N3O2S. The Morgan fingerprint density at radius 1 is 1.53 bits per heavy atom. The van der Waals surface area contributed by atoms with Gasteiger partial charge in [-0.1, -0.05) is 6.92 Å². The Morgan fingerprint density at radius 2 is 2.21 bits per heavy atom. The summed E-state index contributed by atoms with van der Waals surface area (Å²) in [6.45, 7) is 8.29. The smallest absolute Gasteiger partial charge is 0.278 e. The van der Waals surface area contributed by atoms with Gasteiger partial charge in [0.2, 0.25) is 0 Å². The maximum Gasteiger partial charge on any atom is 0.278 e. The fourth-order valence-electron chi connectivity index (χ4n) is 1.85. The van der Waals surface area contributed by atoms with Gasteiger partial charge in [0, 0.05) is 35.7 Å². The van der Waals surface area contributed by atoms with E-state index in [1.54, 1.807) is 20.0 Å². The van der Waals surface area contributed by atoms with E-state index in [2.05, 4.69) is 24.1 Å². The number of aromatic nitrogens is 1. The topological polar surface area (TPSA) is 68.1 Å². The Balaban J connectivity index is 2.74. The van der Waals surface area contributed by atoms with Crippen LogP contribution in [0.5, 0.6) is 0 Å². The highest BCUT2D eigenvalue weighted by Gasteiger charge is 2.18. The Labute approximate surface area is 118 Å². The average Bonchev–Trinajstić information content (AvgIpc) is 2.35. The summed E-state index contributed by atoms with van der Waals surface area (Å²) in [5, 5.41) is 14.4. The molecule has 1 aromatic heterocycles. The minimum Gasteiger partial charge on any atom is -0.308 e. The Morgan fingerprint density at radius 3 is 2.79 bits per heavy atom. The summed E-state index contributed by atoms with van der Waals surface area (Å²) < 4.78 is 0. The van der Waals surface area contributed by atoms with Gasteiger partial charge in [-0.15, -0.1) is 0 Å². The third-order valence-electron chi connectivity index (χ3n) is 2.95. The van der Waals surface area contributed by atoms with E-state index >= 15 is 0 Å². The molecule has 1 unspecified atom stereocenters. The molecule has 1 rings (SSSR count). The van der Waals surface area contributed by atoms with Crippen molar-refractivity contribution in [3.05, 3.63) is 33.1 Å². The standard InChI is InChI=1S/C13H21N3O2S/c1-5-19-8-10(3)14-7-12-11(4)13(16(17)18)9(2)6-15-12/h6,10,14H,5,7-8H2,1-4H3. The number of nitro groups is 1. The van der Waals surface area contributed by atoms with Gasteiger partial charge in [-0.25, -0.2) is 0 Å². The third-order valence-corrected chi connectivity index (χ3v) is 4.09. The highest BCUT2D eigenvalue weighted by molar-refractivity contribution is 7.99. The third kappa shape index (κ3) is 4.47. The molecule has 6 heteroatoms. The van der Waals surface area contributed by atoms with Crippen molar-refractivity contribution < 1.29 is 4.92 Å². The summed E-state index contributed by atoms with van der Waals surface area (Å²) in [6.07, 6.45) is 1.58. The zero-order chi connectivity index (χ0) is 14.4. The molecule has 0 aliphatic rings. The van der Waals surface area contributed by atoms with Crippen molar-refractivity contribution >= 4 is 17.4 Å². The Hall–Kier alpha value is -1.14. The van der Waals surface area contributed by atoms with E-state index in [9.17, 15) is 10.1 Å². The fourth-order valence-corrected chi connectivity index (χ4v) is 2.56. The lowest BCUT2D eigenvalue weighted by Crippen LogP contribution is -2.28.